The molecule has 2 aromatic rings. The predicted octanol–water partition coefficient (Wildman–Crippen LogP) is 2.64. The SMILES string of the molecule is O=C(O)c1cc2cc(C3OCCO3)ccc2s1. The van der Waals surface area contributed by atoms with E-state index in [-0.39, 0.29) is 6.29 Å². The van der Waals surface area contributed by atoms with Crippen molar-refractivity contribution in [3.05, 3.63) is 34.7 Å². The minimum atomic E-state index is -0.888. The van der Waals surface area contributed by atoms with Crippen molar-refractivity contribution in [1.82, 2.24) is 0 Å². The Morgan fingerprint density at radius 1 is 1.29 bits per heavy atom. The highest BCUT2D eigenvalue weighted by Gasteiger charge is 2.19. The molecule has 1 saturated heterocycles. The first kappa shape index (κ1) is 10.7. The number of benzene rings is 1. The third-order valence-corrected chi connectivity index (χ3v) is 3.75. The number of fused-ring (bicyclic) bond motifs is 1. The molecule has 1 aromatic carbocycles. The molecule has 0 spiro atoms. The molecule has 0 aliphatic carbocycles. The standard InChI is InChI=1S/C12H10O4S/c13-11(14)10-6-8-5-7(1-2-9(8)17-10)12-15-3-4-16-12/h1-2,5-6,12H,3-4H2,(H,13,14). The third kappa shape index (κ3) is 1.93. The Balaban J connectivity index is 2.02. The Bertz CT molecular complexity index is 569. The Labute approximate surface area is 101 Å². The van der Waals surface area contributed by atoms with E-state index in [1.54, 1.807) is 6.07 Å². The van der Waals surface area contributed by atoms with E-state index in [1.165, 1.54) is 11.3 Å². The van der Waals surface area contributed by atoms with Crippen LogP contribution in [0.1, 0.15) is 21.5 Å². The predicted molar refractivity (Wildman–Crippen MR) is 63.4 cm³/mol. The van der Waals surface area contributed by atoms with Gasteiger partial charge in [0.2, 0.25) is 0 Å². The van der Waals surface area contributed by atoms with E-state index in [1.807, 2.05) is 18.2 Å². The molecule has 1 aromatic heterocycles. The van der Waals surface area contributed by atoms with E-state index in [9.17, 15) is 4.79 Å². The van der Waals surface area contributed by atoms with Gasteiger partial charge in [-0.1, -0.05) is 6.07 Å². The molecule has 1 fully saturated rings. The fourth-order valence-corrected chi connectivity index (χ4v) is 2.75. The van der Waals surface area contributed by atoms with Crippen LogP contribution in [0.5, 0.6) is 0 Å². The van der Waals surface area contributed by atoms with Gasteiger partial charge in [-0.3, -0.25) is 0 Å². The Morgan fingerprint density at radius 3 is 2.76 bits per heavy atom. The summed E-state index contributed by atoms with van der Waals surface area (Å²) in [6.07, 6.45) is -0.312. The molecule has 0 bridgehead atoms. The summed E-state index contributed by atoms with van der Waals surface area (Å²) >= 11 is 1.28. The minimum absolute atomic E-state index is 0.312. The number of rotatable bonds is 2. The van der Waals surface area contributed by atoms with Gasteiger partial charge in [0.1, 0.15) is 4.88 Å². The lowest BCUT2D eigenvalue weighted by Gasteiger charge is -2.08. The first-order valence-electron chi connectivity index (χ1n) is 5.24. The average Bonchev–Trinajstić information content (AvgIpc) is 2.97. The Hall–Kier alpha value is -1.43. The maximum atomic E-state index is 10.9. The molecular formula is C12H10O4S. The molecule has 88 valence electrons. The largest absolute Gasteiger partial charge is 0.477 e. The summed E-state index contributed by atoms with van der Waals surface area (Å²) in [5, 5.41) is 9.85. The first-order chi connectivity index (χ1) is 8.24. The van der Waals surface area contributed by atoms with Gasteiger partial charge in [0.15, 0.2) is 6.29 Å². The first-order valence-corrected chi connectivity index (χ1v) is 6.06. The molecular weight excluding hydrogens is 240 g/mol. The number of thiophene rings is 1. The van der Waals surface area contributed by atoms with E-state index < -0.39 is 5.97 Å². The molecule has 1 aliphatic heterocycles. The second kappa shape index (κ2) is 4.10. The van der Waals surface area contributed by atoms with Gasteiger partial charge in [-0.15, -0.1) is 11.3 Å². The van der Waals surface area contributed by atoms with Crippen molar-refractivity contribution in [1.29, 1.82) is 0 Å². The van der Waals surface area contributed by atoms with Crippen LogP contribution in [0.25, 0.3) is 10.1 Å². The van der Waals surface area contributed by atoms with Gasteiger partial charge in [0, 0.05) is 10.3 Å². The minimum Gasteiger partial charge on any atom is -0.477 e. The van der Waals surface area contributed by atoms with Crippen molar-refractivity contribution >= 4 is 27.4 Å². The summed E-state index contributed by atoms with van der Waals surface area (Å²) in [4.78, 5) is 11.2. The van der Waals surface area contributed by atoms with E-state index in [4.69, 9.17) is 14.6 Å². The van der Waals surface area contributed by atoms with Crippen LogP contribution in [0.4, 0.5) is 0 Å². The summed E-state index contributed by atoms with van der Waals surface area (Å²) in [5.41, 5.74) is 0.935. The van der Waals surface area contributed by atoms with Crippen molar-refractivity contribution in [2.45, 2.75) is 6.29 Å². The van der Waals surface area contributed by atoms with E-state index in [2.05, 4.69) is 0 Å². The number of hydrogen-bond donors (Lipinski definition) is 1. The van der Waals surface area contributed by atoms with Gasteiger partial charge in [-0.05, 0) is 23.6 Å². The number of carboxylic acids is 1. The van der Waals surface area contributed by atoms with Gasteiger partial charge in [0.05, 0.1) is 13.2 Å². The molecule has 1 aliphatic rings. The molecule has 1 N–H and O–H groups in total. The quantitative estimate of drug-likeness (QED) is 0.890. The molecule has 2 heterocycles. The fourth-order valence-electron chi connectivity index (χ4n) is 1.86. The maximum absolute atomic E-state index is 10.9. The summed E-state index contributed by atoms with van der Waals surface area (Å²) in [6, 6.07) is 7.43. The topological polar surface area (TPSA) is 55.8 Å². The maximum Gasteiger partial charge on any atom is 0.345 e. The van der Waals surface area contributed by atoms with E-state index in [0.717, 1.165) is 15.6 Å². The zero-order valence-corrected chi connectivity index (χ0v) is 9.70. The van der Waals surface area contributed by atoms with Crippen LogP contribution in [0.2, 0.25) is 0 Å². The highest BCUT2D eigenvalue weighted by Crippen LogP contribution is 2.30. The molecule has 0 amide bonds. The number of carboxylic acid groups (broad SMARTS) is 1. The number of aromatic carboxylic acids is 1. The lowest BCUT2D eigenvalue weighted by molar-refractivity contribution is -0.0440. The highest BCUT2D eigenvalue weighted by molar-refractivity contribution is 7.20. The number of ether oxygens (including phenoxy) is 2. The zero-order chi connectivity index (χ0) is 11.8. The molecule has 3 rings (SSSR count). The van der Waals surface area contributed by atoms with Crippen LogP contribution in [0, 0.1) is 0 Å². The average molecular weight is 250 g/mol. The monoisotopic (exact) mass is 250 g/mol. The lowest BCUT2D eigenvalue weighted by Crippen LogP contribution is -1.96. The van der Waals surface area contributed by atoms with Crippen LogP contribution in [-0.4, -0.2) is 24.3 Å². The van der Waals surface area contributed by atoms with Crippen molar-refractivity contribution in [3.63, 3.8) is 0 Å². The molecule has 0 saturated carbocycles. The Kier molecular flexibility index (Phi) is 2.58. The summed E-state index contributed by atoms with van der Waals surface area (Å²) in [7, 11) is 0. The molecule has 17 heavy (non-hydrogen) atoms. The number of carbonyl (C=O) groups is 1. The second-order valence-electron chi connectivity index (χ2n) is 3.79. The van der Waals surface area contributed by atoms with Gasteiger partial charge < -0.3 is 14.6 Å². The van der Waals surface area contributed by atoms with Gasteiger partial charge in [0.25, 0.3) is 0 Å². The van der Waals surface area contributed by atoms with Crippen molar-refractivity contribution in [2.24, 2.45) is 0 Å². The van der Waals surface area contributed by atoms with E-state index in [0.29, 0.717) is 18.1 Å². The van der Waals surface area contributed by atoms with Crippen LogP contribution in [0.15, 0.2) is 24.3 Å². The van der Waals surface area contributed by atoms with Crippen molar-refractivity contribution in [3.8, 4) is 0 Å². The molecule has 0 atom stereocenters. The van der Waals surface area contributed by atoms with Crippen molar-refractivity contribution < 1.29 is 19.4 Å². The normalized spacial score (nSPS) is 16.7. The molecule has 5 heteroatoms. The van der Waals surface area contributed by atoms with Gasteiger partial charge in [-0.25, -0.2) is 4.79 Å². The van der Waals surface area contributed by atoms with Crippen molar-refractivity contribution in [2.75, 3.05) is 13.2 Å². The molecule has 0 radical (unpaired) electrons. The van der Waals surface area contributed by atoms with Crippen LogP contribution in [-0.2, 0) is 9.47 Å². The van der Waals surface area contributed by atoms with Crippen LogP contribution in [0.3, 0.4) is 0 Å². The van der Waals surface area contributed by atoms with Gasteiger partial charge in [-0.2, -0.15) is 0 Å². The highest BCUT2D eigenvalue weighted by atomic mass is 32.1. The molecule has 4 nitrogen and oxygen atoms in total. The Morgan fingerprint density at radius 2 is 2.06 bits per heavy atom. The fraction of sp³-hybridized carbons (Fsp3) is 0.250. The van der Waals surface area contributed by atoms with Crippen LogP contribution >= 0.6 is 11.3 Å². The number of hydrogen-bond acceptors (Lipinski definition) is 4. The molecule has 0 unspecified atom stereocenters. The van der Waals surface area contributed by atoms with Crippen LogP contribution < -0.4 is 0 Å². The second-order valence-corrected chi connectivity index (χ2v) is 4.87. The summed E-state index contributed by atoms with van der Waals surface area (Å²) in [6.45, 7) is 1.21. The summed E-state index contributed by atoms with van der Waals surface area (Å²) in [5.74, 6) is -0.888. The third-order valence-electron chi connectivity index (χ3n) is 2.65. The summed E-state index contributed by atoms with van der Waals surface area (Å²) < 4.78 is 11.8. The smallest absolute Gasteiger partial charge is 0.345 e. The van der Waals surface area contributed by atoms with E-state index >= 15 is 0 Å². The zero-order valence-electron chi connectivity index (χ0n) is 8.88. The lowest BCUT2D eigenvalue weighted by atomic mass is 10.1. The van der Waals surface area contributed by atoms with Gasteiger partial charge >= 0.3 is 5.97 Å².